The first kappa shape index (κ1) is 13.5. The molecule has 2 heterocycles. The summed E-state index contributed by atoms with van der Waals surface area (Å²) < 4.78 is 3.81. The Morgan fingerprint density at radius 3 is 2.78 bits per heavy atom. The highest BCUT2D eigenvalue weighted by atomic mass is 35.6. The first-order chi connectivity index (χ1) is 8.45. The fourth-order valence-electron chi connectivity index (χ4n) is 1.37. The highest BCUT2D eigenvalue weighted by Gasteiger charge is 2.29. The zero-order valence-corrected chi connectivity index (χ0v) is 11.7. The molecule has 1 N–H and O–H groups in total. The Kier molecular flexibility index (Phi) is 4.00. The van der Waals surface area contributed by atoms with Gasteiger partial charge in [-0.05, 0) is 25.1 Å². The van der Waals surface area contributed by atoms with Crippen LogP contribution in [-0.2, 0) is 6.42 Å². The van der Waals surface area contributed by atoms with E-state index in [1.807, 2.05) is 25.1 Å². The SMILES string of the molecule is Cc1ccc(CC=C2N=C(C(Cl)(Cl)Cl)N=CN2)o1. The minimum absolute atomic E-state index is 0.133. The van der Waals surface area contributed by atoms with Gasteiger partial charge in [0, 0.05) is 6.42 Å². The van der Waals surface area contributed by atoms with E-state index in [1.54, 1.807) is 0 Å². The molecule has 0 spiro atoms. The van der Waals surface area contributed by atoms with E-state index in [4.69, 9.17) is 39.2 Å². The molecule has 96 valence electrons. The number of allylic oxidation sites excluding steroid dienone is 1. The van der Waals surface area contributed by atoms with Crippen molar-refractivity contribution in [1.29, 1.82) is 0 Å². The summed E-state index contributed by atoms with van der Waals surface area (Å²) in [6, 6.07) is 3.81. The van der Waals surface area contributed by atoms with Gasteiger partial charge >= 0.3 is 0 Å². The molecule has 7 heteroatoms. The lowest BCUT2D eigenvalue weighted by Crippen LogP contribution is -2.25. The van der Waals surface area contributed by atoms with E-state index in [0.717, 1.165) is 11.5 Å². The maximum atomic E-state index is 5.71. The lowest BCUT2D eigenvalue weighted by molar-refractivity contribution is 0.494. The largest absolute Gasteiger partial charge is 0.466 e. The number of aliphatic imine (C=N–C) groups is 2. The van der Waals surface area contributed by atoms with Crippen molar-refractivity contribution in [2.45, 2.75) is 17.1 Å². The third-order valence-corrected chi connectivity index (χ3v) is 2.68. The molecule has 0 atom stereocenters. The molecule has 0 unspecified atom stereocenters. The molecule has 0 saturated carbocycles. The average molecular weight is 307 g/mol. The number of aryl methyl sites for hydroxylation is 1. The quantitative estimate of drug-likeness (QED) is 0.852. The molecular weight excluding hydrogens is 297 g/mol. The Morgan fingerprint density at radius 2 is 2.17 bits per heavy atom. The lowest BCUT2D eigenvalue weighted by atomic mass is 10.3. The van der Waals surface area contributed by atoms with E-state index in [-0.39, 0.29) is 5.84 Å². The Balaban J connectivity index is 2.10. The molecule has 1 aliphatic heterocycles. The smallest absolute Gasteiger partial charge is 0.250 e. The number of furan rings is 1. The van der Waals surface area contributed by atoms with Crippen molar-refractivity contribution in [3.63, 3.8) is 0 Å². The van der Waals surface area contributed by atoms with Crippen LogP contribution in [0.5, 0.6) is 0 Å². The Hall–Kier alpha value is -0.970. The van der Waals surface area contributed by atoms with Crippen LogP contribution < -0.4 is 5.32 Å². The molecule has 1 aliphatic rings. The van der Waals surface area contributed by atoms with Crippen LogP contribution in [0.2, 0.25) is 0 Å². The minimum atomic E-state index is -1.63. The third kappa shape index (κ3) is 3.51. The fourth-order valence-corrected chi connectivity index (χ4v) is 1.64. The van der Waals surface area contributed by atoms with Crippen molar-refractivity contribution >= 4 is 47.0 Å². The van der Waals surface area contributed by atoms with Gasteiger partial charge in [0.25, 0.3) is 0 Å². The van der Waals surface area contributed by atoms with Crippen molar-refractivity contribution in [2.24, 2.45) is 9.98 Å². The lowest BCUT2D eigenvalue weighted by Gasteiger charge is -2.14. The van der Waals surface area contributed by atoms with Crippen LogP contribution in [0.4, 0.5) is 0 Å². The molecule has 0 amide bonds. The van der Waals surface area contributed by atoms with Crippen molar-refractivity contribution in [3.05, 3.63) is 35.6 Å². The van der Waals surface area contributed by atoms with Crippen molar-refractivity contribution in [1.82, 2.24) is 5.32 Å². The third-order valence-electron chi connectivity index (χ3n) is 2.17. The van der Waals surface area contributed by atoms with Crippen molar-refractivity contribution in [2.75, 3.05) is 0 Å². The second-order valence-electron chi connectivity index (χ2n) is 3.64. The van der Waals surface area contributed by atoms with Gasteiger partial charge in [0.1, 0.15) is 17.3 Å². The molecule has 0 aliphatic carbocycles. The van der Waals surface area contributed by atoms with Crippen molar-refractivity contribution in [3.8, 4) is 0 Å². The molecule has 0 fully saturated rings. The summed E-state index contributed by atoms with van der Waals surface area (Å²) in [4.78, 5) is 7.97. The summed E-state index contributed by atoms with van der Waals surface area (Å²) >= 11 is 17.1. The number of nitrogens with one attached hydrogen (secondary N) is 1. The van der Waals surface area contributed by atoms with Gasteiger partial charge in [-0.25, -0.2) is 9.98 Å². The highest BCUT2D eigenvalue weighted by Crippen LogP contribution is 2.29. The molecule has 0 radical (unpaired) electrons. The van der Waals surface area contributed by atoms with E-state index < -0.39 is 3.79 Å². The first-order valence-corrected chi connectivity index (χ1v) is 6.29. The molecule has 0 aromatic carbocycles. The predicted molar refractivity (Wildman–Crippen MR) is 74.6 cm³/mol. The molecule has 1 aromatic heterocycles. The fraction of sp³-hybridized carbons (Fsp3) is 0.273. The molecule has 0 bridgehead atoms. The van der Waals surface area contributed by atoms with Crippen LogP contribution in [0.25, 0.3) is 0 Å². The van der Waals surface area contributed by atoms with E-state index >= 15 is 0 Å². The summed E-state index contributed by atoms with van der Waals surface area (Å²) in [6.07, 6.45) is 3.87. The normalized spacial score (nSPS) is 17.8. The number of amidine groups is 1. The van der Waals surface area contributed by atoms with Gasteiger partial charge in [0.2, 0.25) is 3.79 Å². The Labute approximate surface area is 119 Å². The molecule has 4 nitrogen and oxygen atoms in total. The van der Waals surface area contributed by atoms with Crippen LogP contribution in [0.15, 0.2) is 38.4 Å². The summed E-state index contributed by atoms with van der Waals surface area (Å²) in [5, 5.41) is 2.86. The number of hydrogen-bond acceptors (Lipinski definition) is 4. The molecular formula is C11H10Cl3N3O. The number of nitrogens with zero attached hydrogens (tertiary/aromatic N) is 2. The summed E-state index contributed by atoms with van der Waals surface area (Å²) in [5.74, 6) is 2.41. The van der Waals surface area contributed by atoms with Crippen LogP contribution >= 0.6 is 34.8 Å². The second-order valence-corrected chi connectivity index (χ2v) is 5.92. The van der Waals surface area contributed by atoms with Gasteiger partial charge in [-0.1, -0.05) is 34.8 Å². The van der Waals surface area contributed by atoms with Gasteiger partial charge < -0.3 is 9.73 Å². The zero-order chi connectivity index (χ0) is 13.2. The van der Waals surface area contributed by atoms with Gasteiger partial charge in [-0.15, -0.1) is 0 Å². The summed E-state index contributed by atoms with van der Waals surface area (Å²) in [7, 11) is 0. The maximum Gasteiger partial charge on any atom is 0.250 e. The number of hydrogen-bond donors (Lipinski definition) is 1. The van der Waals surface area contributed by atoms with E-state index in [1.165, 1.54) is 6.34 Å². The van der Waals surface area contributed by atoms with Gasteiger partial charge in [-0.2, -0.15) is 0 Å². The highest BCUT2D eigenvalue weighted by molar-refractivity contribution is 6.76. The van der Waals surface area contributed by atoms with Gasteiger partial charge in [0.15, 0.2) is 5.84 Å². The molecule has 2 rings (SSSR count). The van der Waals surface area contributed by atoms with E-state index in [2.05, 4.69) is 15.3 Å². The number of halogens is 3. The Bertz CT molecular complexity index is 526. The number of alkyl halides is 3. The van der Waals surface area contributed by atoms with Gasteiger partial charge in [-0.3, -0.25) is 0 Å². The van der Waals surface area contributed by atoms with Crippen LogP contribution in [0, 0.1) is 6.92 Å². The van der Waals surface area contributed by atoms with Crippen LogP contribution in [-0.4, -0.2) is 16.0 Å². The second kappa shape index (κ2) is 5.34. The summed E-state index contributed by atoms with van der Waals surface area (Å²) in [5.41, 5.74) is 0. The van der Waals surface area contributed by atoms with Gasteiger partial charge in [0.05, 0.1) is 6.34 Å². The molecule has 0 saturated heterocycles. The average Bonchev–Trinajstić information content (AvgIpc) is 2.72. The standard InChI is InChI=1S/C11H10Cl3N3O/c1-7-2-3-8(18-7)4-5-9-15-6-16-10(17-9)11(12,13)14/h2-3,5-6H,4H2,1H3,(H,15,16,17). The van der Waals surface area contributed by atoms with Crippen LogP contribution in [0.3, 0.4) is 0 Å². The Morgan fingerprint density at radius 1 is 1.39 bits per heavy atom. The molecule has 18 heavy (non-hydrogen) atoms. The topological polar surface area (TPSA) is 49.9 Å². The predicted octanol–water partition coefficient (Wildman–Crippen LogP) is 3.37. The van der Waals surface area contributed by atoms with Crippen molar-refractivity contribution < 1.29 is 4.42 Å². The van der Waals surface area contributed by atoms with E-state index in [0.29, 0.717) is 12.2 Å². The number of rotatable bonds is 2. The monoisotopic (exact) mass is 305 g/mol. The van der Waals surface area contributed by atoms with E-state index in [9.17, 15) is 0 Å². The minimum Gasteiger partial charge on any atom is -0.466 e. The maximum absolute atomic E-state index is 5.71. The zero-order valence-electron chi connectivity index (χ0n) is 9.45. The van der Waals surface area contributed by atoms with Crippen LogP contribution in [0.1, 0.15) is 11.5 Å². The molecule has 1 aromatic rings. The first-order valence-electron chi connectivity index (χ1n) is 5.15. The summed E-state index contributed by atoms with van der Waals surface area (Å²) in [6.45, 7) is 1.89.